The van der Waals surface area contributed by atoms with Crippen molar-refractivity contribution in [1.29, 1.82) is 0 Å². The van der Waals surface area contributed by atoms with Crippen LogP contribution in [0, 0.1) is 13.8 Å². The number of carbonyl (C=O) groups excluding carboxylic acids is 2. The molecule has 3 heterocycles. The third-order valence-electron chi connectivity index (χ3n) is 5.46. The average molecular weight is 508 g/mol. The number of sulfonamides is 1. The van der Waals surface area contributed by atoms with E-state index in [4.69, 9.17) is 4.74 Å². The number of carbonyl (C=O) groups is 2. The number of hydrogen-bond acceptors (Lipinski definition) is 7. The van der Waals surface area contributed by atoms with Crippen molar-refractivity contribution >= 4 is 54.8 Å². The molecule has 1 aliphatic heterocycles. The second-order valence-electron chi connectivity index (χ2n) is 7.86. The number of aryl methyl sites for hydroxylation is 2. The van der Waals surface area contributed by atoms with Crippen LogP contribution in [0.4, 0.5) is 0 Å². The number of thiazole rings is 1. The van der Waals surface area contributed by atoms with Crippen LogP contribution < -0.4 is 4.80 Å². The maximum Gasteiger partial charge on any atom is 0.326 e. The Bertz CT molecular complexity index is 1370. The van der Waals surface area contributed by atoms with Crippen molar-refractivity contribution in [2.24, 2.45) is 4.99 Å². The van der Waals surface area contributed by atoms with E-state index in [-0.39, 0.29) is 23.9 Å². The van der Waals surface area contributed by atoms with Crippen LogP contribution in [-0.2, 0) is 30.9 Å². The number of thiophene rings is 1. The number of esters is 1. The summed E-state index contributed by atoms with van der Waals surface area (Å²) in [5.74, 6) is -0.945. The minimum atomic E-state index is -3.76. The van der Waals surface area contributed by atoms with Crippen molar-refractivity contribution in [3.8, 4) is 0 Å². The molecule has 8 nitrogen and oxygen atoms in total. The fourth-order valence-electron chi connectivity index (χ4n) is 4.06. The van der Waals surface area contributed by atoms with E-state index in [2.05, 4.69) is 4.99 Å². The summed E-state index contributed by atoms with van der Waals surface area (Å²) in [4.78, 5) is 30.2. The van der Waals surface area contributed by atoms with Crippen LogP contribution in [0.1, 0.15) is 30.9 Å². The molecule has 2 aromatic heterocycles. The topological polar surface area (TPSA) is 98.0 Å². The molecule has 1 saturated heterocycles. The molecule has 0 bridgehead atoms. The molecule has 33 heavy (non-hydrogen) atoms. The minimum absolute atomic E-state index is 0.0786. The monoisotopic (exact) mass is 507 g/mol. The molecule has 0 N–H and O–H groups in total. The van der Waals surface area contributed by atoms with E-state index in [0.717, 1.165) is 32.7 Å². The summed E-state index contributed by atoms with van der Waals surface area (Å²) >= 11 is 2.44. The smallest absolute Gasteiger partial charge is 0.326 e. The van der Waals surface area contributed by atoms with Gasteiger partial charge in [-0.1, -0.05) is 23.5 Å². The molecular formula is C22H25N3O5S3. The Morgan fingerprint density at radius 1 is 1.27 bits per heavy atom. The van der Waals surface area contributed by atoms with Gasteiger partial charge in [0, 0.05) is 6.54 Å². The second-order valence-corrected chi connectivity index (χ2v) is 11.9. The number of aromatic nitrogens is 1. The number of fused-ring (bicyclic) bond motifs is 1. The highest BCUT2D eigenvalue weighted by atomic mass is 32.2. The Hall–Kier alpha value is -2.34. The largest absolute Gasteiger partial charge is 0.465 e. The summed E-state index contributed by atoms with van der Waals surface area (Å²) < 4.78 is 35.3. The van der Waals surface area contributed by atoms with Gasteiger partial charge in [0.2, 0.25) is 0 Å². The highest BCUT2D eigenvalue weighted by Crippen LogP contribution is 2.29. The van der Waals surface area contributed by atoms with Gasteiger partial charge in [-0.2, -0.15) is 9.30 Å². The quantitative estimate of drug-likeness (QED) is 0.477. The Morgan fingerprint density at radius 2 is 2.06 bits per heavy atom. The van der Waals surface area contributed by atoms with Crippen LogP contribution in [0.5, 0.6) is 0 Å². The fourth-order valence-corrected chi connectivity index (χ4v) is 7.91. The van der Waals surface area contributed by atoms with Crippen molar-refractivity contribution in [2.75, 3.05) is 13.2 Å². The first kappa shape index (κ1) is 23.8. The lowest BCUT2D eigenvalue weighted by Crippen LogP contribution is -2.40. The van der Waals surface area contributed by atoms with E-state index >= 15 is 0 Å². The zero-order valence-corrected chi connectivity index (χ0v) is 21.1. The third kappa shape index (κ3) is 4.68. The Kier molecular flexibility index (Phi) is 6.85. The van der Waals surface area contributed by atoms with E-state index in [1.807, 2.05) is 26.0 Å². The lowest BCUT2D eigenvalue weighted by atomic mass is 10.1. The lowest BCUT2D eigenvalue weighted by Gasteiger charge is -2.20. The van der Waals surface area contributed by atoms with E-state index in [1.165, 1.54) is 15.6 Å². The molecule has 1 atom stereocenters. The first-order valence-corrected chi connectivity index (χ1v) is 13.8. The normalized spacial score (nSPS) is 17.7. The van der Waals surface area contributed by atoms with E-state index in [1.54, 1.807) is 29.0 Å². The van der Waals surface area contributed by atoms with Crippen LogP contribution in [0.25, 0.3) is 10.2 Å². The van der Waals surface area contributed by atoms with Crippen molar-refractivity contribution in [1.82, 2.24) is 8.87 Å². The number of benzene rings is 1. The predicted octanol–water partition coefficient (Wildman–Crippen LogP) is 3.22. The molecule has 1 aromatic carbocycles. The average Bonchev–Trinajstić information content (AvgIpc) is 3.49. The lowest BCUT2D eigenvalue weighted by molar-refractivity contribution is -0.143. The summed E-state index contributed by atoms with van der Waals surface area (Å²) in [5, 5.41) is 1.70. The standard InChI is InChI=1S/C22H25N3O5S3/c1-4-30-18(26)13-24-17-12-14(2)11-15(3)20(17)32-22(24)23-21(27)16-7-5-9-25(16)33(28,29)19-8-6-10-31-19/h6,8,10-12,16H,4-5,7,9,13H2,1-3H3. The highest BCUT2D eigenvalue weighted by molar-refractivity contribution is 7.91. The second kappa shape index (κ2) is 9.49. The van der Waals surface area contributed by atoms with Gasteiger partial charge in [-0.15, -0.1) is 11.3 Å². The van der Waals surface area contributed by atoms with Gasteiger partial charge in [-0.25, -0.2) is 8.42 Å². The molecule has 4 rings (SSSR count). The molecule has 11 heteroatoms. The summed E-state index contributed by atoms with van der Waals surface area (Å²) in [6.07, 6.45) is 0.998. The van der Waals surface area contributed by atoms with Crippen LogP contribution in [0.15, 0.2) is 38.8 Å². The molecule has 0 aliphatic carbocycles. The van der Waals surface area contributed by atoms with Crippen LogP contribution in [0.2, 0.25) is 0 Å². The van der Waals surface area contributed by atoms with Crippen LogP contribution in [0.3, 0.4) is 0 Å². The molecule has 1 fully saturated rings. The van der Waals surface area contributed by atoms with Gasteiger partial charge in [0.15, 0.2) is 4.80 Å². The molecule has 176 valence electrons. The number of rotatable bonds is 6. The van der Waals surface area contributed by atoms with Gasteiger partial charge in [0.05, 0.1) is 16.8 Å². The predicted molar refractivity (Wildman–Crippen MR) is 128 cm³/mol. The fraction of sp³-hybridized carbons (Fsp3) is 0.409. The van der Waals surface area contributed by atoms with Gasteiger partial charge < -0.3 is 9.30 Å². The summed E-state index contributed by atoms with van der Waals surface area (Å²) in [6.45, 7) is 6.12. The minimum Gasteiger partial charge on any atom is -0.465 e. The van der Waals surface area contributed by atoms with Crippen molar-refractivity contribution in [3.05, 3.63) is 45.6 Å². The van der Waals surface area contributed by atoms with Crippen LogP contribution >= 0.6 is 22.7 Å². The molecule has 1 amide bonds. The van der Waals surface area contributed by atoms with Gasteiger partial charge in [0.25, 0.3) is 15.9 Å². The summed E-state index contributed by atoms with van der Waals surface area (Å²) in [7, 11) is -3.76. The zero-order chi connectivity index (χ0) is 23.8. The maximum absolute atomic E-state index is 13.2. The number of ether oxygens (including phenoxy) is 1. The number of amides is 1. The van der Waals surface area contributed by atoms with Crippen molar-refractivity contribution < 1.29 is 22.7 Å². The van der Waals surface area contributed by atoms with E-state index < -0.39 is 27.9 Å². The van der Waals surface area contributed by atoms with E-state index in [0.29, 0.717) is 17.6 Å². The first-order valence-electron chi connectivity index (χ1n) is 10.6. The molecule has 0 radical (unpaired) electrons. The first-order chi connectivity index (χ1) is 15.7. The molecule has 1 unspecified atom stereocenters. The van der Waals surface area contributed by atoms with Gasteiger partial charge in [-0.05, 0) is 62.3 Å². The van der Waals surface area contributed by atoms with Gasteiger partial charge in [-0.3, -0.25) is 9.59 Å². The molecular weight excluding hydrogens is 482 g/mol. The maximum atomic E-state index is 13.2. The van der Waals surface area contributed by atoms with Gasteiger partial charge in [0.1, 0.15) is 16.8 Å². The van der Waals surface area contributed by atoms with E-state index in [9.17, 15) is 18.0 Å². The van der Waals surface area contributed by atoms with Crippen molar-refractivity contribution in [3.63, 3.8) is 0 Å². The molecule has 3 aromatic rings. The summed E-state index contributed by atoms with van der Waals surface area (Å²) in [6, 6.07) is 6.34. The zero-order valence-electron chi connectivity index (χ0n) is 18.6. The Labute approximate surface area is 200 Å². The number of hydrogen-bond donors (Lipinski definition) is 0. The summed E-state index contributed by atoms with van der Waals surface area (Å²) in [5.41, 5.74) is 2.84. The molecule has 0 saturated carbocycles. The van der Waals surface area contributed by atoms with Crippen molar-refractivity contribution in [2.45, 2.75) is 50.4 Å². The third-order valence-corrected chi connectivity index (χ3v) is 9.97. The Morgan fingerprint density at radius 3 is 2.76 bits per heavy atom. The van der Waals surface area contributed by atoms with Gasteiger partial charge >= 0.3 is 5.97 Å². The number of nitrogens with zero attached hydrogens (tertiary/aromatic N) is 3. The molecule has 1 aliphatic rings. The molecule has 0 spiro atoms. The highest BCUT2D eigenvalue weighted by Gasteiger charge is 2.40. The van der Waals surface area contributed by atoms with Crippen LogP contribution in [-0.4, -0.2) is 48.4 Å². The Balaban J connectivity index is 1.77. The SMILES string of the molecule is CCOC(=O)Cn1c(=NC(=O)C2CCCN2S(=O)(=O)c2cccs2)sc2c(C)cc(C)cc21.